The number of carbonyl (C=O) groups is 1. The van der Waals surface area contributed by atoms with E-state index in [1.54, 1.807) is 13.0 Å². The zero-order valence-electron chi connectivity index (χ0n) is 13.6. The van der Waals surface area contributed by atoms with Gasteiger partial charge in [-0.3, -0.25) is 4.79 Å². The Morgan fingerprint density at radius 3 is 2.38 bits per heavy atom. The van der Waals surface area contributed by atoms with Gasteiger partial charge in [0, 0.05) is 12.2 Å². The van der Waals surface area contributed by atoms with Crippen molar-refractivity contribution >= 4 is 11.4 Å². The van der Waals surface area contributed by atoms with Crippen LogP contribution in [0, 0.1) is 0 Å². The molecular formula is C18H26O3. The van der Waals surface area contributed by atoms with Gasteiger partial charge in [-0.15, -0.1) is 0 Å². The molecule has 1 aromatic rings. The monoisotopic (exact) mass is 290 g/mol. The molecule has 0 unspecified atom stereocenters. The van der Waals surface area contributed by atoms with E-state index in [-0.39, 0.29) is 11.9 Å². The fourth-order valence-corrected chi connectivity index (χ4v) is 1.89. The predicted octanol–water partition coefficient (Wildman–Crippen LogP) is 4.51. The van der Waals surface area contributed by atoms with Gasteiger partial charge in [0.2, 0.25) is 0 Å². The number of carbonyl (C=O) groups excluding carboxylic acids is 1. The number of ketones is 1. The van der Waals surface area contributed by atoms with E-state index in [1.807, 2.05) is 19.1 Å². The third kappa shape index (κ3) is 5.72. The lowest BCUT2D eigenvalue weighted by atomic mass is 10.0. The molecule has 0 saturated carbocycles. The van der Waals surface area contributed by atoms with Crippen molar-refractivity contribution in [2.75, 3.05) is 13.2 Å². The molecule has 1 aromatic carbocycles. The van der Waals surface area contributed by atoms with Gasteiger partial charge in [-0.05, 0) is 50.5 Å². The lowest BCUT2D eigenvalue weighted by Gasteiger charge is -2.17. The summed E-state index contributed by atoms with van der Waals surface area (Å²) in [7, 11) is 0. The van der Waals surface area contributed by atoms with Crippen LogP contribution in [-0.2, 0) is 4.74 Å². The number of Topliss-reactive ketones (excluding diaryl/α,β-unsaturated/α-hetero) is 1. The molecule has 0 spiro atoms. The minimum atomic E-state index is 0.0252. The average Bonchev–Trinajstić information content (AvgIpc) is 2.47. The summed E-state index contributed by atoms with van der Waals surface area (Å²) in [6.45, 7) is 12.8. The van der Waals surface area contributed by atoms with E-state index in [0.29, 0.717) is 17.9 Å². The van der Waals surface area contributed by atoms with Crippen LogP contribution < -0.4 is 4.74 Å². The summed E-state index contributed by atoms with van der Waals surface area (Å²) in [6.07, 6.45) is 1.98. The average molecular weight is 290 g/mol. The molecule has 0 N–H and O–H groups in total. The maximum absolute atomic E-state index is 11.6. The minimum Gasteiger partial charge on any atom is -0.491 e. The van der Waals surface area contributed by atoms with E-state index in [4.69, 9.17) is 9.47 Å². The zero-order valence-corrected chi connectivity index (χ0v) is 13.6. The molecule has 0 heterocycles. The van der Waals surface area contributed by atoms with Gasteiger partial charge in [-0.2, -0.15) is 0 Å². The highest BCUT2D eigenvalue weighted by molar-refractivity contribution is 5.95. The quantitative estimate of drug-likeness (QED) is 0.628. The molecule has 0 amide bonds. The molecule has 0 aliphatic carbocycles. The Labute approximate surface area is 128 Å². The van der Waals surface area contributed by atoms with Gasteiger partial charge in [0.15, 0.2) is 5.78 Å². The van der Waals surface area contributed by atoms with E-state index < -0.39 is 0 Å². The first kappa shape index (κ1) is 17.4. The third-order valence-corrected chi connectivity index (χ3v) is 3.25. The van der Waals surface area contributed by atoms with Crippen molar-refractivity contribution in [1.82, 2.24) is 0 Å². The van der Waals surface area contributed by atoms with Crippen LogP contribution in [0.1, 0.15) is 56.5 Å². The van der Waals surface area contributed by atoms with E-state index in [9.17, 15) is 4.79 Å². The number of hydrogen-bond donors (Lipinski definition) is 0. The summed E-state index contributed by atoms with van der Waals surface area (Å²) in [6, 6.07) is 5.55. The standard InChI is InChI=1S/C18H26O3/c1-6-8-20-17(7-2)12-21-18-10-15(13(3)4)9-16(11-18)14(5)19/h9-11,17H,3,6-8,12H2,1-2,4-5H3/t17-/m1/s1. The van der Waals surface area contributed by atoms with Crippen molar-refractivity contribution in [3.63, 3.8) is 0 Å². The molecule has 1 atom stereocenters. The number of hydrogen-bond acceptors (Lipinski definition) is 3. The van der Waals surface area contributed by atoms with Gasteiger partial charge in [-0.1, -0.05) is 26.0 Å². The minimum absolute atomic E-state index is 0.0252. The molecule has 116 valence electrons. The van der Waals surface area contributed by atoms with Crippen molar-refractivity contribution in [2.24, 2.45) is 0 Å². The summed E-state index contributed by atoms with van der Waals surface area (Å²) in [5.41, 5.74) is 2.49. The predicted molar refractivity (Wildman–Crippen MR) is 87.0 cm³/mol. The fourth-order valence-electron chi connectivity index (χ4n) is 1.89. The number of rotatable bonds is 9. The van der Waals surface area contributed by atoms with Crippen molar-refractivity contribution in [1.29, 1.82) is 0 Å². The SMILES string of the molecule is C=C(C)c1cc(OC[C@@H](CC)OCCC)cc(C(C)=O)c1. The van der Waals surface area contributed by atoms with Crippen LogP contribution in [-0.4, -0.2) is 25.1 Å². The molecule has 0 aliphatic heterocycles. The van der Waals surface area contributed by atoms with Crippen LogP contribution >= 0.6 is 0 Å². The number of ether oxygens (including phenoxy) is 2. The highest BCUT2D eigenvalue weighted by Gasteiger charge is 2.10. The van der Waals surface area contributed by atoms with Crippen molar-refractivity contribution < 1.29 is 14.3 Å². The lowest BCUT2D eigenvalue weighted by Crippen LogP contribution is -2.21. The van der Waals surface area contributed by atoms with E-state index in [0.717, 1.165) is 30.6 Å². The van der Waals surface area contributed by atoms with E-state index in [1.165, 1.54) is 0 Å². The van der Waals surface area contributed by atoms with Crippen LogP contribution in [0.5, 0.6) is 5.75 Å². The molecule has 21 heavy (non-hydrogen) atoms. The summed E-state index contributed by atoms with van der Waals surface area (Å²) in [5.74, 6) is 0.719. The Morgan fingerprint density at radius 1 is 1.19 bits per heavy atom. The normalized spacial score (nSPS) is 12.0. The first-order valence-corrected chi connectivity index (χ1v) is 7.54. The molecule has 3 nitrogen and oxygen atoms in total. The van der Waals surface area contributed by atoms with Crippen LogP contribution in [0.3, 0.4) is 0 Å². The molecule has 0 saturated heterocycles. The molecule has 1 rings (SSSR count). The molecule has 0 fully saturated rings. The lowest BCUT2D eigenvalue weighted by molar-refractivity contribution is 0.0185. The largest absolute Gasteiger partial charge is 0.491 e. The van der Waals surface area contributed by atoms with Gasteiger partial charge in [0.25, 0.3) is 0 Å². The molecule has 0 aromatic heterocycles. The highest BCUT2D eigenvalue weighted by Crippen LogP contribution is 2.23. The maximum Gasteiger partial charge on any atom is 0.159 e. The van der Waals surface area contributed by atoms with Crippen LogP contribution in [0.25, 0.3) is 5.57 Å². The zero-order chi connectivity index (χ0) is 15.8. The van der Waals surface area contributed by atoms with Crippen molar-refractivity contribution in [3.8, 4) is 5.75 Å². The summed E-state index contributed by atoms with van der Waals surface area (Å²) < 4.78 is 11.5. The third-order valence-electron chi connectivity index (χ3n) is 3.25. The van der Waals surface area contributed by atoms with Gasteiger partial charge in [0.1, 0.15) is 12.4 Å². The van der Waals surface area contributed by atoms with Crippen LogP contribution in [0.4, 0.5) is 0 Å². The van der Waals surface area contributed by atoms with Crippen LogP contribution in [0.15, 0.2) is 24.8 Å². The second-order valence-corrected chi connectivity index (χ2v) is 5.29. The summed E-state index contributed by atoms with van der Waals surface area (Å²) in [4.78, 5) is 11.6. The Balaban J connectivity index is 2.81. The molecular weight excluding hydrogens is 264 g/mol. The van der Waals surface area contributed by atoms with Crippen molar-refractivity contribution in [2.45, 2.75) is 46.6 Å². The highest BCUT2D eigenvalue weighted by atomic mass is 16.5. The smallest absolute Gasteiger partial charge is 0.159 e. The Hall–Kier alpha value is -1.61. The fraction of sp³-hybridized carbons (Fsp3) is 0.500. The summed E-state index contributed by atoms with van der Waals surface area (Å²) >= 11 is 0. The summed E-state index contributed by atoms with van der Waals surface area (Å²) in [5, 5.41) is 0. The second-order valence-electron chi connectivity index (χ2n) is 5.29. The number of benzene rings is 1. The Kier molecular flexibility index (Phi) is 7.17. The van der Waals surface area contributed by atoms with E-state index >= 15 is 0 Å². The first-order chi connectivity index (χ1) is 9.97. The van der Waals surface area contributed by atoms with Gasteiger partial charge >= 0.3 is 0 Å². The van der Waals surface area contributed by atoms with Crippen LogP contribution in [0.2, 0.25) is 0 Å². The molecule has 0 bridgehead atoms. The first-order valence-electron chi connectivity index (χ1n) is 7.54. The molecule has 3 heteroatoms. The van der Waals surface area contributed by atoms with Crippen molar-refractivity contribution in [3.05, 3.63) is 35.9 Å². The Bertz CT molecular complexity index is 459. The molecule has 0 radical (unpaired) electrons. The maximum atomic E-state index is 11.6. The van der Waals surface area contributed by atoms with Gasteiger partial charge < -0.3 is 9.47 Å². The topological polar surface area (TPSA) is 35.5 Å². The second kappa shape index (κ2) is 8.63. The Morgan fingerprint density at radius 2 is 1.86 bits per heavy atom. The van der Waals surface area contributed by atoms with Gasteiger partial charge in [0.05, 0.1) is 6.10 Å². The van der Waals surface area contributed by atoms with Gasteiger partial charge in [-0.25, -0.2) is 0 Å². The van der Waals surface area contributed by atoms with E-state index in [2.05, 4.69) is 20.4 Å². The molecule has 0 aliphatic rings. The number of allylic oxidation sites excluding steroid dienone is 1.